The Balaban J connectivity index is 2.37. The van der Waals surface area contributed by atoms with E-state index in [2.05, 4.69) is 4.99 Å². The van der Waals surface area contributed by atoms with E-state index in [0.29, 0.717) is 23.2 Å². The molecular formula is C12H13N6O2S+. The van der Waals surface area contributed by atoms with Gasteiger partial charge in [0, 0.05) is 26.3 Å². The molecule has 0 N–H and O–H groups in total. The highest BCUT2D eigenvalue weighted by atomic mass is 32.2. The van der Waals surface area contributed by atoms with E-state index >= 15 is 0 Å². The Kier molecular flexibility index (Phi) is 4.24. The van der Waals surface area contributed by atoms with Crippen molar-refractivity contribution >= 4 is 34.7 Å². The predicted molar refractivity (Wildman–Crippen MR) is 75.6 cm³/mol. The van der Waals surface area contributed by atoms with Gasteiger partial charge in [-0.05, 0) is 16.8 Å². The third-order valence-corrected chi connectivity index (χ3v) is 4.17. The van der Waals surface area contributed by atoms with Crippen molar-refractivity contribution in [3.05, 3.63) is 0 Å². The first-order valence-electron chi connectivity index (χ1n) is 6.17. The molecule has 2 aliphatic heterocycles. The van der Waals surface area contributed by atoms with E-state index in [1.165, 1.54) is 23.7 Å². The van der Waals surface area contributed by atoms with Crippen LogP contribution in [0.4, 0.5) is 4.79 Å². The van der Waals surface area contributed by atoms with Crippen LogP contribution in [-0.4, -0.2) is 69.8 Å². The number of imide groups is 1. The summed E-state index contributed by atoms with van der Waals surface area (Å²) in [5.41, 5.74) is 0. The first kappa shape index (κ1) is 15.0. The number of nitriles is 2. The second-order valence-corrected chi connectivity index (χ2v) is 5.50. The number of hydrogen-bond acceptors (Lipinski definition) is 6. The lowest BCUT2D eigenvalue weighted by atomic mass is 10.1. The fraction of sp³-hybridized carbons (Fsp3) is 0.500. The molecule has 2 heterocycles. The summed E-state index contributed by atoms with van der Waals surface area (Å²) in [7, 11) is 2.95. The zero-order valence-electron chi connectivity index (χ0n) is 11.6. The van der Waals surface area contributed by atoms with E-state index < -0.39 is 18.0 Å². The highest BCUT2D eigenvalue weighted by molar-refractivity contribution is 8.13. The first-order chi connectivity index (χ1) is 10.0. The van der Waals surface area contributed by atoms with Crippen LogP contribution in [0.15, 0.2) is 4.99 Å². The van der Waals surface area contributed by atoms with Crippen LogP contribution in [0.3, 0.4) is 0 Å². The van der Waals surface area contributed by atoms with Gasteiger partial charge in [0.2, 0.25) is 0 Å². The van der Waals surface area contributed by atoms with Crippen LogP contribution in [0.1, 0.15) is 6.42 Å². The Morgan fingerprint density at radius 3 is 2.62 bits per heavy atom. The van der Waals surface area contributed by atoms with E-state index in [1.54, 1.807) is 11.6 Å². The molecule has 3 amide bonds. The van der Waals surface area contributed by atoms with Gasteiger partial charge in [0.05, 0.1) is 6.07 Å². The molecule has 0 aromatic rings. The Morgan fingerprint density at radius 1 is 1.29 bits per heavy atom. The van der Waals surface area contributed by atoms with Crippen molar-refractivity contribution in [1.82, 2.24) is 9.80 Å². The third kappa shape index (κ3) is 2.48. The molecule has 108 valence electrons. The third-order valence-electron chi connectivity index (χ3n) is 3.18. The van der Waals surface area contributed by atoms with Gasteiger partial charge in [-0.1, -0.05) is 0 Å². The lowest BCUT2D eigenvalue weighted by molar-refractivity contribution is -0.521. The predicted octanol–water partition coefficient (Wildman–Crippen LogP) is -0.170. The normalized spacial score (nSPS) is 21.1. The van der Waals surface area contributed by atoms with Gasteiger partial charge >= 0.3 is 11.2 Å². The molecule has 0 aromatic heterocycles. The van der Waals surface area contributed by atoms with Gasteiger partial charge in [-0.2, -0.15) is 10.5 Å². The Bertz CT molecular complexity index is 641. The van der Waals surface area contributed by atoms with E-state index in [0.717, 1.165) is 4.90 Å². The number of hydrogen-bond donors (Lipinski definition) is 0. The fourth-order valence-electron chi connectivity index (χ4n) is 2.11. The fourth-order valence-corrected chi connectivity index (χ4v) is 2.98. The van der Waals surface area contributed by atoms with Gasteiger partial charge in [-0.3, -0.25) is 14.6 Å². The molecule has 1 unspecified atom stereocenters. The van der Waals surface area contributed by atoms with Gasteiger partial charge < -0.3 is 0 Å². The molecule has 0 aliphatic carbocycles. The van der Waals surface area contributed by atoms with Crippen LogP contribution in [0, 0.1) is 22.7 Å². The zero-order chi connectivity index (χ0) is 15.6. The van der Waals surface area contributed by atoms with E-state index in [9.17, 15) is 9.59 Å². The topological polar surface area (TPSA) is 104 Å². The molecule has 0 radical (unpaired) electrons. The van der Waals surface area contributed by atoms with Crippen LogP contribution in [0.5, 0.6) is 0 Å². The smallest absolute Gasteiger partial charge is 0.269 e. The average molecular weight is 305 g/mol. The highest BCUT2D eigenvalue weighted by Crippen LogP contribution is 2.22. The number of nitrogens with zero attached hydrogens (tertiary/aromatic N) is 6. The number of aliphatic imine (C=N–C) groups is 1. The molecule has 0 saturated carbocycles. The van der Waals surface area contributed by atoms with Crippen molar-refractivity contribution in [2.45, 2.75) is 12.5 Å². The number of likely N-dealkylation sites (N-methyl/N-ethyl adjacent to an activating group) is 2. The zero-order valence-corrected chi connectivity index (χ0v) is 12.4. The summed E-state index contributed by atoms with van der Waals surface area (Å²) in [6.45, 7) is -0.00579. The number of carbonyl (C=O) groups excluding carboxylic acids is 2. The molecule has 2 rings (SSSR count). The molecule has 0 aromatic carbocycles. The maximum Gasteiger partial charge on any atom is 0.358 e. The number of rotatable bonds is 3. The van der Waals surface area contributed by atoms with E-state index in [4.69, 9.17) is 10.5 Å². The van der Waals surface area contributed by atoms with Crippen LogP contribution < -0.4 is 0 Å². The lowest BCUT2D eigenvalue weighted by Gasteiger charge is -2.30. The summed E-state index contributed by atoms with van der Waals surface area (Å²) in [6.07, 6.45) is 0.340. The van der Waals surface area contributed by atoms with Crippen molar-refractivity contribution in [1.29, 1.82) is 10.5 Å². The van der Waals surface area contributed by atoms with Crippen LogP contribution in [-0.2, 0) is 4.79 Å². The van der Waals surface area contributed by atoms with Crippen LogP contribution >= 0.6 is 11.8 Å². The minimum Gasteiger partial charge on any atom is -0.269 e. The molecule has 21 heavy (non-hydrogen) atoms. The monoisotopic (exact) mass is 305 g/mol. The number of urea groups is 1. The Morgan fingerprint density at radius 2 is 2.00 bits per heavy atom. The van der Waals surface area contributed by atoms with Crippen LogP contribution in [0.25, 0.3) is 0 Å². The molecule has 1 atom stereocenters. The van der Waals surface area contributed by atoms with Crippen molar-refractivity contribution in [2.24, 2.45) is 4.99 Å². The van der Waals surface area contributed by atoms with Crippen LogP contribution in [0.2, 0.25) is 0 Å². The second kappa shape index (κ2) is 5.94. The highest BCUT2D eigenvalue weighted by Gasteiger charge is 2.53. The maximum atomic E-state index is 12.3. The summed E-state index contributed by atoms with van der Waals surface area (Å²) in [5, 5.41) is 18.0. The molecule has 0 spiro atoms. The SMILES string of the molecule is CN1C(=O)C2C(=NC(SCCC#N)=[N+]2CC#N)N(C)C1=O. The van der Waals surface area contributed by atoms with Gasteiger partial charge in [-0.25, -0.2) is 9.37 Å². The molecule has 2 aliphatic rings. The minimum atomic E-state index is -0.748. The number of amides is 3. The Hall–Kier alpha value is -2.39. The first-order valence-corrected chi connectivity index (χ1v) is 7.15. The number of carbonyl (C=O) groups is 2. The van der Waals surface area contributed by atoms with Crippen molar-refractivity contribution < 1.29 is 14.2 Å². The molecule has 8 nitrogen and oxygen atoms in total. The summed E-state index contributed by atoms with van der Waals surface area (Å²) >= 11 is 1.30. The summed E-state index contributed by atoms with van der Waals surface area (Å²) in [5.74, 6) is 0.444. The number of thioether (sulfide) groups is 1. The van der Waals surface area contributed by atoms with E-state index in [1.807, 2.05) is 12.1 Å². The lowest BCUT2D eigenvalue weighted by Crippen LogP contribution is -2.61. The quantitative estimate of drug-likeness (QED) is 0.409. The molecule has 1 fully saturated rings. The Labute approximate surface area is 125 Å². The molecule has 0 bridgehead atoms. The van der Waals surface area contributed by atoms with Crippen molar-refractivity contribution in [3.63, 3.8) is 0 Å². The molecular weight excluding hydrogens is 292 g/mol. The van der Waals surface area contributed by atoms with Gasteiger partial charge in [0.15, 0.2) is 6.54 Å². The van der Waals surface area contributed by atoms with Gasteiger partial charge in [0.25, 0.3) is 17.8 Å². The maximum absolute atomic E-state index is 12.3. The minimum absolute atomic E-state index is 0.00579. The van der Waals surface area contributed by atoms with Gasteiger partial charge in [0.1, 0.15) is 6.07 Å². The van der Waals surface area contributed by atoms with Crippen molar-refractivity contribution in [3.8, 4) is 12.1 Å². The van der Waals surface area contributed by atoms with E-state index in [-0.39, 0.29) is 6.54 Å². The molecule has 1 saturated heterocycles. The average Bonchev–Trinajstić information content (AvgIpc) is 2.83. The summed E-state index contributed by atoms with van der Waals surface area (Å²) < 4.78 is 1.57. The standard InChI is InChI=1S/C12H13N6O2S/c1-16-9-8(10(19)17(2)12(16)20)18(6-5-14)11(15-9)21-7-3-4-13/h8H,3,6-7H2,1-2H3/q+1. The largest absolute Gasteiger partial charge is 0.358 e. The number of fused-ring (bicyclic) bond motifs is 1. The van der Waals surface area contributed by atoms with Crippen molar-refractivity contribution in [2.75, 3.05) is 26.4 Å². The van der Waals surface area contributed by atoms with Gasteiger partial charge in [-0.15, -0.1) is 0 Å². The number of amidine groups is 2. The second-order valence-electron chi connectivity index (χ2n) is 4.44. The molecule has 9 heteroatoms. The summed E-state index contributed by atoms with van der Waals surface area (Å²) in [4.78, 5) is 30.9. The summed E-state index contributed by atoms with van der Waals surface area (Å²) in [6, 6.07) is 2.83.